The van der Waals surface area contributed by atoms with E-state index in [1.165, 1.54) is 5.56 Å². The van der Waals surface area contributed by atoms with Gasteiger partial charge in [-0.15, -0.1) is 0 Å². The van der Waals surface area contributed by atoms with Crippen molar-refractivity contribution in [1.82, 2.24) is 4.90 Å². The molecular weight excluding hydrogens is 224 g/mol. The first-order valence-corrected chi connectivity index (χ1v) is 6.90. The Balaban J connectivity index is 1.99. The summed E-state index contributed by atoms with van der Waals surface area (Å²) >= 11 is 0. The molecule has 0 spiro atoms. The molecule has 0 fully saturated rings. The average Bonchev–Trinajstić information content (AvgIpc) is 2.56. The number of unbranched alkanes of at least 4 members (excludes halogenated alkanes) is 2. The molecule has 2 rings (SSSR count). The number of hydrogen-bond donors (Lipinski definition) is 1. The van der Waals surface area contributed by atoms with E-state index in [1.54, 1.807) is 0 Å². The molecule has 3 heteroatoms. The summed E-state index contributed by atoms with van der Waals surface area (Å²) in [6.45, 7) is 2.50. The summed E-state index contributed by atoms with van der Waals surface area (Å²) in [5.74, 6) is 0.204. The Kier molecular flexibility index (Phi) is 4.76. The Morgan fingerprint density at radius 1 is 1.17 bits per heavy atom. The van der Waals surface area contributed by atoms with Crippen molar-refractivity contribution < 1.29 is 4.79 Å². The van der Waals surface area contributed by atoms with Crippen LogP contribution in [-0.2, 0) is 6.42 Å². The van der Waals surface area contributed by atoms with Gasteiger partial charge in [-0.2, -0.15) is 0 Å². The second-order valence-electron chi connectivity index (χ2n) is 4.90. The van der Waals surface area contributed by atoms with Gasteiger partial charge in [-0.1, -0.05) is 24.6 Å². The fraction of sp³-hybridized carbons (Fsp3) is 0.533. The molecular formula is C15H22N2O. The number of rotatable bonds is 5. The highest BCUT2D eigenvalue weighted by Gasteiger charge is 2.21. The molecule has 3 nitrogen and oxygen atoms in total. The van der Waals surface area contributed by atoms with E-state index in [9.17, 15) is 4.79 Å². The van der Waals surface area contributed by atoms with Crippen molar-refractivity contribution in [2.24, 2.45) is 5.73 Å². The Morgan fingerprint density at radius 3 is 2.83 bits per heavy atom. The van der Waals surface area contributed by atoms with Gasteiger partial charge >= 0.3 is 0 Å². The molecule has 1 aromatic rings. The van der Waals surface area contributed by atoms with Crippen LogP contribution in [-0.4, -0.2) is 30.4 Å². The van der Waals surface area contributed by atoms with Crippen LogP contribution in [0.25, 0.3) is 0 Å². The number of hydrogen-bond acceptors (Lipinski definition) is 2. The van der Waals surface area contributed by atoms with Gasteiger partial charge in [0.1, 0.15) is 0 Å². The van der Waals surface area contributed by atoms with Crippen molar-refractivity contribution in [3.8, 4) is 0 Å². The normalized spacial score (nSPS) is 15.4. The Bertz CT molecular complexity index is 403. The van der Waals surface area contributed by atoms with E-state index in [0.717, 1.165) is 57.3 Å². The summed E-state index contributed by atoms with van der Waals surface area (Å²) < 4.78 is 0. The molecule has 1 aliphatic rings. The summed E-state index contributed by atoms with van der Waals surface area (Å²) in [7, 11) is 0. The van der Waals surface area contributed by atoms with Gasteiger partial charge in [0.15, 0.2) is 0 Å². The van der Waals surface area contributed by atoms with E-state index in [2.05, 4.69) is 6.07 Å². The van der Waals surface area contributed by atoms with Crippen molar-refractivity contribution >= 4 is 5.91 Å². The van der Waals surface area contributed by atoms with Crippen LogP contribution < -0.4 is 5.73 Å². The van der Waals surface area contributed by atoms with Gasteiger partial charge < -0.3 is 10.6 Å². The first-order valence-electron chi connectivity index (χ1n) is 6.90. The topological polar surface area (TPSA) is 46.3 Å². The van der Waals surface area contributed by atoms with Crippen molar-refractivity contribution in [2.45, 2.75) is 32.1 Å². The van der Waals surface area contributed by atoms with Crippen LogP contribution in [0.4, 0.5) is 0 Å². The maximum atomic E-state index is 12.4. The molecule has 18 heavy (non-hydrogen) atoms. The summed E-state index contributed by atoms with van der Waals surface area (Å²) in [6, 6.07) is 8.00. The van der Waals surface area contributed by atoms with Crippen LogP contribution in [0.5, 0.6) is 0 Å². The molecule has 0 saturated heterocycles. The highest BCUT2D eigenvalue weighted by Crippen LogP contribution is 2.18. The maximum Gasteiger partial charge on any atom is 0.254 e. The quantitative estimate of drug-likeness (QED) is 0.810. The number of nitrogens with zero attached hydrogens (tertiary/aromatic N) is 1. The van der Waals surface area contributed by atoms with Crippen LogP contribution >= 0.6 is 0 Å². The maximum absolute atomic E-state index is 12.4. The van der Waals surface area contributed by atoms with Crippen LogP contribution in [0.1, 0.15) is 41.6 Å². The van der Waals surface area contributed by atoms with Crippen LogP contribution in [0.15, 0.2) is 24.3 Å². The fourth-order valence-corrected chi connectivity index (χ4v) is 2.52. The Labute approximate surface area is 109 Å². The minimum absolute atomic E-state index is 0.204. The minimum Gasteiger partial charge on any atom is -0.339 e. The van der Waals surface area contributed by atoms with Crippen molar-refractivity contribution in [2.75, 3.05) is 19.6 Å². The molecule has 0 aliphatic carbocycles. The molecule has 0 saturated carbocycles. The Morgan fingerprint density at radius 2 is 2.00 bits per heavy atom. The largest absolute Gasteiger partial charge is 0.339 e. The summed E-state index contributed by atoms with van der Waals surface area (Å²) in [6.07, 6.45) is 5.31. The van der Waals surface area contributed by atoms with E-state index in [1.807, 2.05) is 23.1 Å². The van der Waals surface area contributed by atoms with Gasteiger partial charge in [0, 0.05) is 18.7 Å². The highest BCUT2D eigenvalue weighted by atomic mass is 16.2. The first kappa shape index (κ1) is 13.1. The molecule has 0 radical (unpaired) electrons. The lowest BCUT2D eigenvalue weighted by atomic mass is 10.0. The van der Waals surface area contributed by atoms with Crippen LogP contribution in [0.2, 0.25) is 0 Å². The van der Waals surface area contributed by atoms with Gasteiger partial charge in [0.2, 0.25) is 0 Å². The van der Waals surface area contributed by atoms with E-state index < -0.39 is 0 Å². The monoisotopic (exact) mass is 246 g/mol. The predicted octanol–water partition coefficient (Wildman–Crippen LogP) is 2.20. The number of benzene rings is 1. The van der Waals surface area contributed by atoms with Gasteiger partial charge in [-0.05, 0) is 43.9 Å². The molecule has 1 heterocycles. The van der Waals surface area contributed by atoms with Gasteiger partial charge in [-0.25, -0.2) is 0 Å². The lowest BCUT2D eigenvalue weighted by Gasteiger charge is -2.20. The molecule has 2 N–H and O–H groups in total. The molecule has 0 aromatic heterocycles. The van der Waals surface area contributed by atoms with E-state index in [4.69, 9.17) is 5.73 Å². The molecule has 98 valence electrons. The number of aryl methyl sites for hydroxylation is 1. The average molecular weight is 246 g/mol. The van der Waals surface area contributed by atoms with Gasteiger partial charge in [-0.3, -0.25) is 4.79 Å². The van der Waals surface area contributed by atoms with Gasteiger partial charge in [0.05, 0.1) is 0 Å². The second-order valence-corrected chi connectivity index (χ2v) is 4.90. The van der Waals surface area contributed by atoms with E-state index >= 15 is 0 Å². The molecule has 0 unspecified atom stereocenters. The van der Waals surface area contributed by atoms with Crippen LogP contribution in [0.3, 0.4) is 0 Å². The van der Waals surface area contributed by atoms with Crippen molar-refractivity contribution in [1.29, 1.82) is 0 Å². The van der Waals surface area contributed by atoms with Gasteiger partial charge in [0.25, 0.3) is 5.91 Å². The van der Waals surface area contributed by atoms with Crippen molar-refractivity contribution in [3.63, 3.8) is 0 Å². The summed E-state index contributed by atoms with van der Waals surface area (Å²) in [5, 5.41) is 0. The second kappa shape index (κ2) is 6.55. The lowest BCUT2D eigenvalue weighted by molar-refractivity contribution is 0.0758. The van der Waals surface area contributed by atoms with E-state index in [0.29, 0.717) is 0 Å². The zero-order valence-corrected chi connectivity index (χ0v) is 10.9. The SMILES string of the molecule is NCCCCCN1CCCc2ccccc2C1=O. The zero-order chi connectivity index (χ0) is 12.8. The third-order valence-electron chi connectivity index (χ3n) is 3.54. The number of nitrogens with two attached hydrogens (primary N) is 1. The number of carbonyl (C=O) groups excluding carboxylic acids is 1. The third-order valence-corrected chi connectivity index (χ3v) is 3.54. The fourth-order valence-electron chi connectivity index (χ4n) is 2.52. The highest BCUT2D eigenvalue weighted by molar-refractivity contribution is 5.96. The van der Waals surface area contributed by atoms with Crippen LogP contribution in [0, 0.1) is 0 Å². The number of amides is 1. The predicted molar refractivity (Wildman–Crippen MR) is 73.6 cm³/mol. The van der Waals surface area contributed by atoms with Crippen molar-refractivity contribution in [3.05, 3.63) is 35.4 Å². The summed E-state index contributed by atoms with van der Waals surface area (Å²) in [4.78, 5) is 14.4. The smallest absolute Gasteiger partial charge is 0.254 e. The molecule has 0 bridgehead atoms. The number of fused-ring (bicyclic) bond motifs is 1. The minimum atomic E-state index is 0.204. The zero-order valence-electron chi connectivity index (χ0n) is 10.9. The first-order chi connectivity index (χ1) is 8.83. The Hall–Kier alpha value is -1.35. The molecule has 1 aromatic carbocycles. The lowest BCUT2D eigenvalue weighted by Crippen LogP contribution is -2.31. The third kappa shape index (κ3) is 3.10. The molecule has 0 atom stereocenters. The summed E-state index contributed by atoms with van der Waals surface area (Å²) in [5.41, 5.74) is 7.58. The molecule has 1 aliphatic heterocycles. The standard InChI is InChI=1S/C15H22N2O/c16-10-4-1-5-11-17-12-6-8-13-7-2-3-9-14(13)15(17)18/h2-3,7,9H,1,4-6,8,10-12,16H2. The van der Waals surface area contributed by atoms with E-state index in [-0.39, 0.29) is 5.91 Å². The molecule has 1 amide bonds. The number of carbonyl (C=O) groups is 1.